The van der Waals surface area contributed by atoms with Crippen LogP contribution in [0.3, 0.4) is 0 Å². The highest BCUT2D eigenvalue weighted by Crippen LogP contribution is 2.35. The van der Waals surface area contributed by atoms with Gasteiger partial charge < -0.3 is 58.1 Å². The molecule has 1 amide bonds. The van der Waals surface area contributed by atoms with Gasteiger partial charge in [0.1, 0.15) is 12.2 Å². The van der Waals surface area contributed by atoms with Crippen molar-refractivity contribution in [3.63, 3.8) is 0 Å². The lowest BCUT2D eigenvalue weighted by atomic mass is 9.80. The Kier molecular flexibility index (Phi) is 48.5. The highest BCUT2D eigenvalue weighted by Gasteiger charge is 2.37. The first-order chi connectivity index (χ1) is 47.3. The fourth-order valence-corrected chi connectivity index (χ4v) is 18.1. The van der Waals surface area contributed by atoms with Crippen LogP contribution in [0.4, 0.5) is 4.79 Å². The number of cyclic esters (lactones) is 1. The summed E-state index contributed by atoms with van der Waals surface area (Å²) in [5, 5.41) is 12.6. The average Bonchev–Trinajstić information content (AvgIpc) is 1.41. The second kappa shape index (κ2) is 50.3. The van der Waals surface area contributed by atoms with Gasteiger partial charge in [0.2, 0.25) is 0 Å². The van der Waals surface area contributed by atoms with E-state index >= 15 is 0 Å². The number of carbonyl (C=O) groups excluding carboxylic acids is 1. The summed E-state index contributed by atoms with van der Waals surface area (Å²) in [5.74, 6) is 13.0. The summed E-state index contributed by atoms with van der Waals surface area (Å²) < 4.78 is 44.4. The molecule has 0 aromatic heterocycles. The lowest BCUT2D eigenvalue weighted by Crippen LogP contribution is -2.47. The summed E-state index contributed by atoms with van der Waals surface area (Å²) in [6.45, 7) is 79.7. The number of nitrogens with one attached hydrogen (secondary N) is 1. The molecule has 14 nitrogen and oxygen atoms in total. The largest absolute Gasteiger partial charge is 0.497 e. The normalized spacial score (nSPS) is 35.5. The van der Waals surface area contributed by atoms with E-state index in [2.05, 4.69) is 257 Å². The van der Waals surface area contributed by atoms with Crippen molar-refractivity contribution >= 4 is 6.09 Å². The molecule has 0 spiro atoms. The van der Waals surface area contributed by atoms with Gasteiger partial charge in [-0.05, 0) is 198 Å². The third kappa shape index (κ3) is 36.7. The number of nitrogens with zero attached hydrogens (tertiary/aromatic N) is 3. The summed E-state index contributed by atoms with van der Waals surface area (Å²) in [6.07, 6.45) is 19.5. The Hall–Kier alpha value is -1.59. The van der Waals surface area contributed by atoms with E-state index in [0.29, 0.717) is 113 Å². The minimum absolute atomic E-state index is 0.0914. The van der Waals surface area contributed by atoms with Crippen LogP contribution in [-0.4, -0.2) is 173 Å². The summed E-state index contributed by atoms with van der Waals surface area (Å²) in [7, 11) is 6.12. The molecule has 10 rings (SSSR count). The van der Waals surface area contributed by atoms with Crippen LogP contribution in [-0.2, 0) is 37.9 Å². The highest BCUT2D eigenvalue weighted by atomic mass is 16.6. The Labute approximate surface area is 633 Å². The molecule has 9 saturated heterocycles. The topological polar surface area (TPSA) is 133 Å². The van der Waals surface area contributed by atoms with Gasteiger partial charge in [-0.2, -0.15) is 0 Å². The summed E-state index contributed by atoms with van der Waals surface area (Å²) in [4.78, 5) is 17.5. The minimum Gasteiger partial charge on any atom is -0.497 e. The van der Waals surface area contributed by atoms with Crippen LogP contribution in [0.5, 0.6) is 0 Å². The fourth-order valence-electron chi connectivity index (χ4n) is 18.1. The number of aliphatic hydroxyl groups excluding tert-OH is 1. The maximum atomic E-state index is 11.2. The number of hydrogen-bond donors (Lipinski definition) is 2. The lowest BCUT2D eigenvalue weighted by Gasteiger charge is -2.37. The molecule has 10 aliphatic heterocycles. The van der Waals surface area contributed by atoms with Crippen molar-refractivity contribution in [3.05, 3.63) is 12.3 Å². The van der Waals surface area contributed by atoms with Gasteiger partial charge in [0, 0.05) is 70.3 Å². The quantitative estimate of drug-likeness (QED) is 0.227. The molecule has 0 aromatic carbocycles. The van der Waals surface area contributed by atoms with Gasteiger partial charge in [-0.25, -0.2) is 4.79 Å². The average molecular weight is 1450 g/mol. The number of likely N-dealkylation sites (tertiary alicyclic amines) is 1. The van der Waals surface area contributed by atoms with Gasteiger partial charge in [0.05, 0.1) is 55.7 Å². The smallest absolute Gasteiger partial charge is 0.409 e. The SMILES string of the molecule is CC(C)C1C(C)CCN1C.CC(C)C1NCCC1C.CC(C)C1OC(=O)N(C)CC1C.CC(C)C1OC(O)CC1C.CC(C)C1OC=CC1C.CC(C)C1OCCC1C.CC(C)C1OCCCC1C.CC(C)C1OCN(C)CC1C.CC1CC(C)C(C(C)C)O1.CC1CCCCOC1C(C)(C)C. The number of rotatable bonds is 9. The van der Waals surface area contributed by atoms with Gasteiger partial charge in [-0.15, -0.1) is 0 Å². The van der Waals surface area contributed by atoms with E-state index in [1.807, 2.05) is 6.26 Å². The predicted molar refractivity (Wildman–Crippen MR) is 433 cm³/mol. The minimum atomic E-state index is -0.512. The molecule has 14 heteroatoms. The van der Waals surface area contributed by atoms with Crippen molar-refractivity contribution in [2.75, 3.05) is 73.9 Å². The standard InChI is InChI=1S/C11H22O.C9H17NO2.C9H19NO.C9H19N.2C9H18O.C8H17N.C8H16O2.C8H16O.C8H14O/c1-9-7-5-6-8-12-10(9)11(2,3)4;1-6(2)8-7(3)5-10(4)9(11)12-8;1-7(2)9-8(3)5-10(4)6-11-9;1-7(2)9-8(3)5-6-10(9)4;1-6(2)9-7(3)5-8(4)10-9;1-7(2)9-8(3)5-4-6-10-9;1-6(2)8-7(3)4-5-9-8;1-5(2)8-6(3)4-7(9)10-8;2*1-6(2)8-7(3)4-5-9-8/h9-10H,5-8H2,1-4H3;6-8H,5H2,1-4H3;7-9H,5-6H2,1-4H3;7-9H,5-6H2,1-4H3;6-9H,5H2,1-4H3;7-9H,4-6H2,1-3H3;6-9H,4-5H2,1-3H3;5-9H,4H2,1-3H3;6-8H,4-5H2,1-3H3;4-8H,1-3H3. The van der Waals surface area contributed by atoms with Gasteiger partial charge in [0.25, 0.3) is 0 Å². The molecule has 10 heterocycles. The van der Waals surface area contributed by atoms with E-state index < -0.39 is 6.29 Å². The van der Waals surface area contributed by atoms with Crippen LogP contribution in [0.25, 0.3) is 0 Å². The molecule has 22 unspecified atom stereocenters. The number of hydrogen-bond acceptors (Lipinski definition) is 13. The van der Waals surface area contributed by atoms with E-state index in [1.165, 1.54) is 77.4 Å². The predicted octanol–water partition coefficient (Wildman–Crippen LogP) is 20.7. The summed E-state index contributed by atoms with van der Waals surface area (Å²) >= 11 is 0. The first-order valence-corrected chi connectivity index (χ1v) is 42.2. The van der Waals surface area contributed by atoms with E-state index in [1.54, 1.807) is 11.9 Å². The van der Waals surface area contributed by atoms with E-state index in [-0.39, 0.29) is 18.3 Å². The van der Waals surface area contributed by atoms with E-state index in [0.717, 1.165) is 98.9 Å². The van der Waals surface area contributed by atoms with Crippen molar-refractivity contribution < 1.29 is 47.8 Å². The van der Waals surface area contributed by atoms with Crippen molar-refractivity contribution in [1.29, 1.82) is 0 Å². The lowest BCUT2D eigenvalue weighted by molar-refractivity contribution is -0.107. The van der Waals surface area contributed by atoms with Crippen LogP contribution in [0.1, 0.15) is 286 Å². The molecule has 0 radical (unpaired) electrons. The zero-order chi connectivity index (χ0) is 78.2. The number of ether oxygens (including phenoxy) is 8. The van der Waals surface area contributed by atoms with Crippen LogP contribution < -0.4 is 5.32 Å². The second-order valence-corrected chi connectivity index (χ2v) is 38.0. The van der Waals surface area contributed by atoms with E-state index in [9.17, 15) is 4.79 Å². The second-order valence-electron chi connectivity index (χ2n) is 38.0. The molecule has 0 saturated carbocycles. The summed E-state index contributed by atoms with van der Waals surface area (Å²) in [5.41, 5.74) is 0.309. The Morgan fingerprint density at radius 3 is 1.28 bits per heavy atom. The zero-order valence-corrected chi connectivity index (χ0v) is 73.7. The number of carbonyl (C=O) groups is 1. The molecule has 608 valence electrons. The fraction of sp³-hybridized carbons (Fsp3) is 0.966. The number of amides is 1. The van der Waals surface area contributed by atoms with Gasteiger partial charge in [-0.3, -0.25) is 4.90 Å². The molecule has 10 aliphatic rings. The Morgan fingerprint density at radius 2 is 0.951 bits per heavy atom. The summed E-state index contributed by atoms with van der Waals surface area (Å²) in [6, 6.07) is 1.62. The third-order valence-electron chi connectivity index (χ3n) is 23.0. The molecular formula is C88H176N4O10. The number of aliphatic hydroxyl groups is 1. The van der Waals surface area contributed by atoms with Crippen LogP contribution >= 0.6 is 0 Å². The molecule has 0 aromatic rings. The first kappa shape index (κ1) is 98.4. The first-order valence-electron chi connectivity index (χ1n) is 42.2. The van der Waals surface area contributed by atoms with Crippen LogP contribution in [0.2, 0.25) is 0 Å². The maximum Gasteiger partial charge on any atom is 0.409 e. The van der Waals surface area contributed by atoms with Crippen molar-refractivity contribution in [3.8, 4) is 0 Å². The van der Waals surface area contributed by atoms with Crippen LogP contribution in [0.15, 0.2) is 12.3 Å². The van der Waals surface area contributed by atoms with Gasteiger partial charge >= 0.3 is 6.09 Å². The molecule has 22 atom stereocenters. The molecule has 0 aliphatic carbocycles. The molecular weight excluding hydrogens is 1270 g/mol. The Balaban J connectivity index is 0.000000567. The van der Waals surface area contributed by atoms with Crippen molar-refractivity contribution in [2.45, 2.75) is 359 Å². The molecule has 9 fully saturated rings. The van der Waals surface area contributed by atoms with Crippen molar-refractivity contribution in [2.24, 2.45) is 118 Å². The Morgan fingerprint density at radius 1 is 0.461 bits per heavy atom. The third-order valence-corrected chi connectivity index (χ3v) is 23.0. The highest BCUT2D eigenvalue weighted by molar-refractivity contribution is 5.68. The maximum absolute atomic E-state index is 11.2. The molecule has 2 N–H and O–H groups in total. The monoisotopic (exact) mass is 1450 g/mol. The molecule has 102 heavy (non-hydrogen) atoms. The molecule has 0 bridgehead atoms. The van der Waals surface area contributed by atoms with Gasteiger partial charge in [-0.1, -0.05) is 221 Å². The van der Waals surface area contributed by atoms with Crippen LogP contribution in [0, 0.1) is 118 Å². The Bertz CT molecular complexity index is 2050. The zero-order valence-electron chi connectivity index (χ0n) is 73.7. The van der Waals surface area contributed by atoms with E-state index in [4.69, 9.17) is 43.0 Å². The van der Waals surface area contributed by atoms with Gasteiger partial charge in [0.15, 0.2) is 6.29 Å². The van der Waals surface area contributed by atoms with Crippen molar-refractivity contribution in [1.82, 2.24) is 20.0 Å².